The van der Waals surface area contributed by atoms with Gasteiger partial charge in [0.15, 0.2) is 5.71 Å². The highest BCUT2D eigenvalue weighted by molar-refractivity contribution is 6.69. The Bertz CT molecular complexity index is 903. The van der Waals surface area contributed by atoms with Crippen LogP contribution in [0, 0.1) is 20.8 Å². The number of aliphatic imine (C=N–C) groups is 2. The van der Waals surface area contributed by atoms with Gasteiger partial charge in [-0.1, -0.05) is 13.0 Å². The molecular weight excluding hydrogens is 388 g/mol. The number of carbonyl (C=O) groups excluding carboxylic acids is 3. The summed E-state index contributed by atoms with van der Waals surface area (Å²) >= 11 is 0. The molecule has 1 aromatic carbocycles. The summed E-state index contributed by atoms with van der Waals surface area (Å²) in [5.41, 5.74) is 4.50. The maximum absolute atomic E-state index is 11.7. The van der Waals surface area contributed by atoms with Crippen LogP contribution in [0.3, 0.4) is 0 Å². The maximum Gasteiger partial charge on any atom is 0.348 e. The fourth-order valence-corrected chi connectivity index (χ4v) is 2.46. The standard InChI is InChI=1S/C14H15N3O2.C7H13NO3/c1-7-5-9(3)11(6-8(7)2)16-12-10(4)15-14(19)17-13(12)18;1-2-6(9)8-5-3-4-7(10)11/h5-6H,1-4H3,(H,17,18,19);2-5H2,1H3,(H,8,9)(H,10,11). The molecule has 0 unspecified atom stereocenters. The lowest BCUT2D eigenvalue weighted by molar-refractivity contribution is -0.137. The van der Waals surface area contributed by atoms with Crippen molar-refractivity contribution in [3.8, 4) is 0 Å². The van der Waals surface area contributed by atoms with Gasteiger partial charge < -0.3 is 10.4 Å². The van der Waals surface area contributed by atoms with Crippen LogP contribution in [-0.2, 0) is 14.4 Å². The molecule has 1 aromatic rings. The summed E-state index contributed by atoms with van der Waals surface area (Å²) in [6.45, 7) is 9.77. The minimum absolute atomic E-state index is 0.0320. The van der Waals surface area contributed by atoms with Gasteiger partial charge in [-0.3, -0.25) is 19.7 Å². The molecule has 1 heterocycles. The van der Waals surface area contributed by atoms with Gasteiger partial charge in [-0.15, -0.1) is 0 Å². The molecule has 0 saturated carbocycles. The summed E-state index contributed by atoms with van der Waals surface area (Å²) in [6, 6.07) is 3.31. The molecule has 30 heavy (non-hydrogen) atoms. The number of urea groups is 1. The van der Waals surface area contributed by atoms with Gasteiger partial charge in [0.1, 0.15) is 0 Å². The number of imide groups is 1. The van der Waals surface area contributed by atoms with Gasteiger partial charge in [-0.25, -0.2) is 9.79 Å². The van der Waals surface area contributed by atoms with Gasteiger partial charge in [0, 0.05) is 19.4 Å². The van der Waals surface area contributed by atoms with E-state index in [1.807, 2.05) is 32.9 Å². The van der Waals surface area contributed by atoms with Crippen molar-refractivity contribution in [1.82, 2.24) is 10.6 Å². The van der Waals surface area contributed by atoms with Gasteiger partial charge in [-0.05, 0) is 56.9 Å². The summed E-state index contributed by atoms with van der Waals surface area (Å²) in [6.07, 6.45) is 1.07. The smallest absolute Gasteiger partial charge is 0.348 e. The number of carboxylic acid groups (broad SMARTS) is 1. The summed E-state index contributed by atoms with van der Waals surface area (Å²) in [4.78, 5) is 51.4. The van der Waals surface area contributed by atoms with Gasteiger partial charge in [0.25, 0.3) is 5.91 Å². The number of hydrogen-bond donors (Lipinski definition) is 3. The average Bonchev–Trinajstić information content (AvgIpc) is 2.65. The van der Waals surface area contributed by atoms with Crippen LogP contribution in [0.15, 0.2) is 22.1 Å². The molecular formula is C21H28N4O5. The average molecular weight is 416 g/mol. The number of carboxylic acids is 1. The third-order valence-corrected chi connectivity index (χ3v) is 4.30. The normalized spacial score (nSPS) is 14.4. The molecule has 0 fully saturated rings. The van der Waals surface area contributed by atoms with Crippen molar-refractivity contribution in [2.45, 2.75) is 53.9 Å². The number of aliphatic carboxylic acids is 1. The molecule has 0 bridgehead atoms. The highest BCUT2D eigenvalue weighted by Gasteiger charge is 2.23. The Labute approximate surface area is 175 Å². The molecule has 1 aliphatic rings. The molecule has 9 nitrogen and oxygen atoms in total. The molecule has 2 rings (SSSR count). The van der Waals surface area contributed by atoms with Crippen LogP contribution in [0.5, 0.6) is 0 Å². The molecule has 0 spiro atoms. The molecule has 4 amide bonds. The first-order valence-corrected chi connectivity index (χ1v) is 9.61. The van der Waals surface area contributed by atoms with Crippen LogP contribution in [0.4, 0.5) is 10.5 Å². The van der Waals surface area contributed by atoms with Crippen molar-refractivity contribution < 1.29 is 24.3 Å². The first-order chi connectivity index (χ1) is 14.0. The predicted octanol–water partition coefficient (Wildman–Crippen LogP) is 2.77. The summed E-state index contributed by atoms with van der Waals surface area (Å²) in [5.74, 6) is -1.36. The van der Waals surface area contributed by atoms with E-state index in [1.165, 1.54) is 5.56 Å². The largest absolute Gasteiger partial charge is 0.481 e. The predicted molar refractivity (Wildman–Crippen MR) is 115 cm³/mol. The van der Waals surface area contributed by atoms with Crippen molar-refractivity contribution in [1.29, 1.82) is 0 Å². The quantitative estimate of drug-likeness (QED) is 0.612. The second-order valence-electron chi connectivity index (χ2n) is 6.84. The van der Waals surface area contributed by atoms with Crippen LogP contribution >= 0.6 is 0 Å². The molecule has 162 valence electrons. The number of aryl methyl sites for hydroxylation is 3. The second kappa shape index (κ2) is 11.6. The number of amides is 4. The minimum Gasteiger partial charge on any atom is -0.481 e. The summed E-state index contributed by atoms with van der Waals surface area (Å²) < 4.78 is 0. The number of nitrogens with one attached hydrogen (secondary N) is 2. The van der Waals surface area contributed by atoms with Crippen molar-refractivity contribution >= 4 is 40.9 Å². The Hall–Kier alpha value is -3.36. The number of hydrogen-bond acceptors (Lipinski definition) is 5. The minimum atomic E-state index is -0.823. The van der Waals surface area contributed by atoms with E-state index in [0.29, 0.717) is 25.1 Å². The topological polar surface area (TPSA) is 137 Å². The summed E-state index contributed by atoms with van der Waals surface area (Å²) in [7, 11) is 0. The van der Waals surface area contributed by atoms with E-state index in [4.69, 9.17) is 5.11 Å². The van der Waals surface area contributed by atoms with E-state index < -0.39 is 17.9 Å². The molecule has 3 N–H and O–H groups in total. The third kappa shape index (κ3) is 7.94. The zero-order chi connectivity index (χ0) is 22.8. The maximum atomic E-state index is 11.7. The Morgan fingerprint density at radius 3 is 2.30 bits per heavy atom. The van der Waals surface area contributed by atoms with Crippen molar-refractivity contribution in [2.75, 3.05) is 6.54 Å². The summed E-state index contributed by atoms with van der Waals surface area (Å²) in [5, 5.41) is 12.9. The van der Waals surface area contributed by atoms with E-state index in [9.17, 15) is 19.2 Å². The number of carbonyl (C=O) groups is 4. The van der Waals surface area contributed by atoms with Crippen LogP contribution in [0.25, 0.3) is 0 Å². The van der Waals surface area contributed by atoms with Gasteiger partial charge in [0.05, 0.1) is 11.4 Å². The molecule has 0 aromatic heterocycles. The number of benzene rings is 1. The first kappa shape index (κ1) is 24.7. The van der Waals surface area contributed by atoms with Crippen molar-refractivity contribution in [3.05, 3.63) is 28.8 Å². The lowest BCUT2D eigenvalue weighted by atomic mass is 10.0. The Balaban J connectivity index is 0.000000352. The van der Waals surface area contributed by atoms with Gasteiger partial charge >= 0.3 is 12.0 Å². The van der Waals surface area contributed by atoms with Crippen LogP contribution in [0.1, 0.15) is 49.8 Å². The molecule has 9 heteroatoms. The fourth-order valence-electron chi connectivity index (χ4n) is 2.46. The van der Waals surface area contributed by atoms with E-state index in [0.717, 1.165) is 16.8 Å². The zero-order valence-electron chi connectivity index (χ0n) is 18.0. The van der Waals surface area contributed by atoms with E-state index in [-0.39, 0.29) is 18.0 Å². The fraction of sp³-hybridized carbons (Fsp3) is 0.429. The van der Waals surface area contributed by atoms with Crippen molar-refractivity contribution in [2.24, 2.45) is 9.98 Å². The molecule has 1 aliphatic heterocycles. The Morgan fingerprint density at radius 1 is 1.10 bits per heavy atom. The number of rotatable bonds is 6. The van der Waals surface area contributed by atoms with Gasteiger partial charge in [0.2, 0.25) is 5.91 Å². The molecule has 0 radical (unpaired) electrons. The first-order valence-electron chi connectivity index (χ1n) is 9.61. The van der Waals surface area contributed by atoms with Crippen LogP contribution in [-0.4, -0.2) is 46.9 Å². The van der Waals surface area contributed by atoms with Crippen LogP contribution in [0.2, 0.25) is 0 Å². The van der Waals surface area contributed by atoms with E-state index >= 15 is 0 Å². The lowest BCUT2D eigenvalue weighted by Crippen LogP contribution is -2.42. The SMILES string of the molecule is CC1=NC(=O)NC(=O)C1=Nc1cc(C)c(C)cc1C.CCC(=O)NCCCC(=O)O. The van der Waals surface area contributed by atoms with Crippen molar-refractivity contribution in [3.63, 3.8) is 0 Å². The molecule has 0 atom stereocenters. The lowest BCUT2D eigenvalue weighted by Gasteiger charge is -2.12. The second-order valence-corrected chi connectivity index (χ2v) is 6.84. The monoisotopic (exact) mass is 416 g/mol. The van der Waals surface area contributed by atoms with E-state index in [1.54, 1.807) is 13.8 Å². The third-order valence-electron chi connectivity index (χ3n) is 4.30. The Kier molecular flexibility index (Phi) is 9.54. The van der Waals surface area contributed by atoms with Gasteiger partial charge in [-0.2, -0.15) is 4.99 Å². The highest BCUT2D eigenvalue weighted by atomic mass is 16.4. The molecule has 0 saturated heterocycles. The van der Waals surface area contributed by atoms with Crippen LogP contribution < -0.4 is 10.6 Å². The highest BCUT2D eigenvalue weighted by Crippen LogP contribution is 2.23. The molecule has 0 aliphatic carbocycles. The van der Waals surface area contributed by atoms with E-state index in [2.05, 4.69) is 20.6 Å². The number of nitrogens with zero attached hydrogens (tertiary/aromatic N) is 2. The Morgan fingerprint density at radius 2 is 1.73 bits per heavy atom. The zero-order valence-corrected chi connectivity index (χ0v) is 18.0.